The van der Waals surface area contributed by atoms with Crippen LogP contribution in [0.5, 0.6) is 0 Å². The highest BCUT2D eigenvalue weighted by molar-refractivity contribution is 5.79. The topological polar surface area (TPSA) is 49.4 Å². The van der Waals surface area contributed by atoms with Gasteiger partial charge in [0.2, 0.25) is 5.91 Å². The van der Waals surface area contributed by atoms with Gasteiger partial charge in [-0.2, -0.15) is 0 Å². The molecule has 0 aliphatic carbocycles. The highest BCUT2D eigenvalue weighted by atomic mass is 16.2. The third kappa shape index (κ3) is 6.04. The number of Topliss-reactive ketones (excluding diaryl/α,β-unsaturated/α-hetero) is 1. The van der Waals surface area contributed by atoms with Crippen LogP contribution >= 0.6 is 0 Å². The highest BCUT2D eigenvalue weighted by Crippen LogP contribution is 2.19. The van der Waals surface area contributed by atoms with E-state index in [0.717, 1.165) is 32.2 Å². The molecular formula is C16H30N2O2. The van der Waals surface area contributed by atoms with E-state index in [2.05, 4.69) is 17.1 Å². The lowest BCUT2D eigenvalue weighted by atomic mass is 10.0. The van der Waals surface area contributed by atoms with E-state index in [1.165, 1.54) is 6.42 Å². The highest BCUT2D eigenvalue weighted by Gasteiger charge is 2.26. The van der Waals surface area contributed by atoms with Crippen LogP contribution in [0.1, 0.15) is 66.2 Å². The lowest BCUT2D eigenvalue weighted by molar-refractivity contribution is -0.125. The molecule has 4 heteroatoms. The van der Waals surface area contributed by atoms with Crippen molar-refractivity contribution in [1.82, 2.24) is 10.2 Å². The van der Waals surface area contributed by atoms with E-state index in [9.17, 15) is 9.59 Å². The Morgan fingerprint density at radius 1 is 1.25 bits per heavy atom. The second-order valence-corrected chi connectivity index (χ2v) is 6.67. The number of nitrogens with zero attached hydrogens (tertiary/aromatic N) is 1. The van der Waals surface area contributed by atoms with Crippen LogP contribution in [0.4, 0.5) is 0 Å². The molecule has 0 radical (unpaired) electrons. The summed E-state index contributed by atoms with van der Waals surface area (Å²) in [6.07, 6.45) is 6.01. The predicted octanol–water partition coefficient (Wildman–Crippen LogP) is 2.51. The minimum absolute atomic E-state index is 0.0762. The normalized spacial score (nSPS) is 21.3. The fraction of sp³-hybridized carbons (Fsp3) is 0.875. The van der Waals surface area contributed by atoms with Gasteiger partial charge >= 0.3 is 0 Å². The third-order valence-electron chi connectivity index (χ3n) is 4.23. The number of carbonyl (C=O) groups is 2. The Bertz CT molecular complexity index is 339. The predicted molar refractivity (Wildman–Crippen MR) is 81.6 cm³/mol. The molecule has 1 unspecified atom stereocenters. The number of carbonyl (C=O) groups excluding carboxylic acids is 2. The molecule has 1 atom stereocenters. The molecule has 1 saturated heterocycles. The zero-order valence-electron chi connectivity index (χ0n) is 13.5. The number of hydrogen-bond donors (Lipinski definition) is 1. The van der Waals surface area contributed by atoms with Gasteiger partial charge in [0.05, 0.1) is 6.54 Å². The van der Waals surface area contributed by atoms with E-state index >= 15 is 0 Å². The van der Waals surface area contributed by atoms with Crippen molar-refractivity contribution in [2.45, 2.75) is 77.8 Å². The molecule has 0 spiro atoms. The largest absolute Gasteiger partial charge is 0.350 e. The molecule has 116 valence electrons. The van der Waals surface area contributed by atoms with Crippen molar-refractivity contribution in [3.8, 4) is 0 Å². The molecule has 1 fully saturated rings. The lowest BCUT2D eigenvalue weighted by Gasteiger charge is -2.31. The standard InChI is InChI=1S/C16H30N2O2/c1-5-16(3,4)17-15(20)12-18-10-8-6-7-9-14(18)11-13(2)19/h14H,5-12H2,1-4H3,(H,17,20). The third-order valence-corrected chi connectivity index (χ3v) is 4.23. The summed E-state index contributed by atoms with van der Waals surface area (Å²) >= 11 is 0. The second kappa shape index (κ2) is 7.77. The number of ketones is 1. The monoisotopic (exact) mass is 282 g/mol. The maximum absolute atomic E-state index is 12.2. The Hall–Kier alpha value is -0.900. The van der Waals surface area contributed by atoms with Crippen molar-refractivity contribution in [2.75, 3.05) is 13.1 Å². The van der Waals surface area contributed by atoms with Gasteiger partial charge < -0.3 is 5.32 Å². The van der Waals surface area contributed by atoms with E-state index in [1.54, 1.807) is 6.92 Å². The maximum Gasteiger partial charge on any atom is 0.234 e. The lowest BCUT2D eigenvalue weighted by Crippen LogP contribution is -2.49. The maximum atomic E-state index is 12.2. The van der Waals surface area contributed by atoms with Gasteiger partial charge in [-0.3, -0.25) is 14.5 Å². The van der Waals surface area contributed by atoms with Gasteiger partial charge in [-0.1, -0.05) is 19.8 Å². The number of rotatable bonds is 6. The number of likely N-dealkylation sites (tertiary alicyclic amines) is 1. The molecule has 0 aromatic heterocycles. The van der Waals surface area contributed by atoms with Crippen LogP contribution < -0.4 is 5.32 Å². The summed E-state index contributed by atoms with van der Waals surface area (Å²) in [5, 5.41) is 3.08. The van der Waals surface area contributed by atoms with Crippen LogP contribution in [0.3, 0.4) is 0 Å². The molecule has 1 rings (SSSR count). The van der Waals surface area contributed by atoms with Crippen molar-refractivity contribution in [3.05, 3.63) is 0 Å². The van der Waals surface area contributed by atoms with Crippen LogP contribution in [0, 0.1) is 0 Å². The fourth-order valence-electron chi connectivity index (χ4n) is 2.70. The average molecular weight is 282 g/mol. The minimum Gasteiger partial charge on any atom is -0.350 e. The summed E-state index contributed by atoms with van der Waals surface area (Å²) < 4.78 is 0. The van der Waals surface area contributed by atoms with Crippen molar-refractivity contribution >= 4 is 11.7 Å². The molecule has 1 aliphatic heterocycles. The fourth-order valence-corrected chi connectivity index (χ4v) is 2.70. The van der Waals surface area contributed by atoms with Crippen LogP contribution in [0.15, 0.2) is 0 Å². The molecule has 20 heavy (non-hydrogen) atoms. The van der Waals surface area contributed by atoms with Gasteiger partial charge in [0.15, 0.2) is 0 Å². The molecule has 0 aromatic rings. The van der Waals surface area contributed by atoms with Crippen LogP contribution in [0.2, 0.25) is 0 Å². The first-order valence-electron chi connectivity index (χ1n) is 7.88. The van der Waals surface area contributed by atoms with Gasteiger partial charge in [-0.05, 0) is 46.6 Å². The van der Waals surface area contributed by atoms with Crippen LogP contribution in [-0.2, 0) is 9.59 Å². The Balaban J connectivity index is 2.60. The zero-order chi connectivity index (χ0) is 15.2. The first kappa shape index (κ1) is 17.2. The number of hydrogen-bond acceptors (Lipinski definition) is 3. The van der Waals surface area contributed by atoms with E-state index in [4.69, 9.17) is 0 Å². The molecule has 0 saturated carbocycles. The molecule has 1 N–H and O–H groups in total. The Labute approximate surface area is 123 Å². The smallest absolute Gasteiger partial charge is 0.234 e. The summed E-state index contributed by atoms with van der Waals surface area (Å²) in [6.45, 7) is 9.15. The molecule has 1 amide bonds. The van der Waals surface area contributed by atoms with Gasteiger partial charge in [-0.15, -0.1) is 0 Å². The summed E-state index contributed by atoms with van der Waals surface area (Å²) in [7, 11) is 0. The van der Waals surface area contributed by atoms with Crippen molar-refractivity contribution in [2.24, 2.45) is 0 Å². The van der Waals surface area contributed by atoms with E-state index in [0.29, 0.717) is 13.0 Å². The summed E-state index contributed by atoms with van der Waals surface area (Å²) in [5.41, 5.74) is -0.154. The zero-order valence-corrected chi connectivity index (χ0v) is 13.5. The summed E-state index contributed by atoms with van der Waals surface area (Å²) in [5.74, 6) is 0.295. The Kier molecular flexibility index (Phi) is 6.66. The summed E-state index contributed by atoms with van der Waals surface area (Å²) in [4.78, 5) is 25.8. The minimum atomic E-state index is -0.154. The van der Waals surface area contributed by atoms with Crippen LogP contribution in [-0.4, -0.2) is 41.3 Å². The molecule has 0 bridgehead atoms. The Morgan fingerprint density at radius 2 is 1.95 bits per heavy atom. The van der Waals surface area contributed by atoms with Crippen molar-refractivity contribution in [3.63, 3.8) is 0 Å². The molecule has 1 aliphatic rings. The first-order chi connectivity index (χ1) is 9.34. The van der Waals surface area contributed by atoms with Gasteiger partial charge in [0.25, 0.3) is 0 Å². The molecular weight excluding hydrogens is 252 g/mol. The summed E-state index contributed by atoms with van der Waals surface area (Å²) in [6, 6.07) is 0.241. The number of amides is 1. The molecule has 4 nitrogen and oxygen atoms in total. The quantitative estimate of drug-likeness (QED) is 0.814. The average Bonchev–Trinajstić information content (AvgIpc) is 2.54. The van der Waals surface area contributed by atoms with E-state index in [-0.39, 0.29) is 23.3 Å². The van der Waals surface area contributed by atoms with Gasteiger partial charge in [-0.25, -0.2) is 0 Å². The molecule has 1 heterocycles. The number of nitrogens with one attached hydrogen (secondary N) is 1. The van der Waals surface area contributed by atoms with E-state index < -0.39 is 0 Å². The molecule has 0 aromatic carbocycles. The second-order valence-electron chi connectivity index (χ2n) is 6.67. The first-order valence-corrected chi connectivity index (χ1v) is 7.88. The van der Waals surface area contributed by atoms with Gasteiger partial charge in [0.1, 0.15) is 5.78 Å². The Morgan fingerprint density at radius 3 is 2.55 bits per heavy atom. The van der Waals surface area contributed by atoms with Gasteiger partial charge in [0, 0.05) is 18.0 Å². The van der Waals surface area contributed by atoms with Crippen molar-refractivity contribution < 1.29 is 9.59 Å². The van der Waals surface area contributed by atoms with Crippen molar-refractivity contribution in [1.29, 1.82) is 0 Å². The van der Waals surface area contributed by atoms with E-state index in [1.807, 2.05) is 13.8 Å². The SMILES string of the molecule is CCC(C)(C)NC(=O)CN1CCCCCC1CC(C)=O. The van der Waals surface area contributed by atoms with Crippen LogP contribution in [0.25, 0.3) is 0 Å².